The Kier molecular flexibility index (Phi) is 5.55. The monoisotopic (exact) mass is 275 g/mol. The fourth-order valence-corrected chi connectivity index (χ4v) is 2.75. The van der Waals surface area contributed by atoms with Crippen LogP contribution in [0.3, 0.4) is 0 Å². The second-order valence-electron chi connectivity index (χ2n) is 6.63. The Hall–Kier alpha value is -0.930. The maximum Gasteiger partial charge on any atom is 0.0547 e. The summed E-state index contributed by atoms with van der Waals surface area (Å²) in [4.78, 5) is 7.33. The van der Waals surface area contributed by atoms with Crippen LogP contribution in [0.5, 0.6) is 0 Å². The summed E-state index contributed by atoms with van der Waals surface area (Å²) >= 11 is 0. The lowest BCUT2D eigenvalue weighted by atomic mass is 9.88. The standard InChI is InChI=1S/C17H29N3/c1-13(2)18-10-16-6-5-7-17(19-16)12-20-9-8-14(3)15(4)11-20/h5-7,13-15,18H,8-12H2,1-4H3. The Morgan fingerprint density at radius 3 is 2.70 bits per heavy atom. The maximum atomic E-state index is 4.78. The molecule has 0 amide bonds. The lowest BCUT2D eigenvalue weighted by molar-refractivity contribution is 0.131. The Morgan fingerprint density at radius 2 is 2.00 bits per heavy atom. The van der Waals surface area contributed by atoms with E-state index in [2.05, 4.69) is 56.1 Å². The zero-order chi connectivity index (χ0) is 14.5. The average Bonchev–Trinajstić information content (AvgIpc) is 2.41. The summed E-state index contributed by atoms with van der Waals surface area (Å²) < 4.78 is 0. The zero-order valence-electron chi connectivity index (χ0n) is 13.4. The van der Waals surface area contributed by atoms with E-state index in [-0.39, 0.29) is 0 Å². The fourth-order valence-electron chi connectivity index (χ4n) is 2.75. The second-order valence-corrected chi connectivity index (χ2v) is 6.63. The number of hydrogen-bond donors (Lipinski definition) is 1. The number of likely N-dealkylation sites (tertiary alicyclic amines) is 1. The second kappa shape index (κ2) is 7.19. The van der Waals surface area contributed by atoms with Gasteiger partial charge in [0.05, 0.1) is 11.4 Å². The number of aromatic nitrogens is 1. The molecular formula is C17H29N3. The van der Waals surface area contributed by atoms with Gasteiger partial charge in [-0.25, -0.2) is 0 Å². The third-order valence-corrected chi connectivity index (χ3v) is 4.36. The van der Waals surface area contributed by atoms with Gasteiger partial charge in [-0.1, -0.05) is 33.8 Å². The highest BCUT2D eigenvalue weighted by molar-refractivity contribution is 5.11. The first kappa shape index (κ1) is 15.5. The molecule has 112 valence electrons. The van der Waals surface area contributed by atoms with E-state index in [1.807, 2.05) is 0 Å². The van der Waals surface area contributed by atoms with Crippen molar-refractivity contribution < 1.29 is 0 Å². The van der Waals surface area contributed by atoms with Crippen LogP contribution in [-0.4, -0.2) is 29.0 Å². The Balaban J connectivity index is 1.91. The van der Waals surface area contributed by atoms with E-state index in [4.69, 9.17) is 4.98 Å². The predicted octanol–water partition coefficient (Wildman–Crippen LogP) is 3.06. The highest BCUT2D eigenvalue weighted by atomic mass is 15.1. The van der Waals surface area contributed by atoms with E-state index in [0.717, 1.165) is 30.6 Å². The number of rotatable bonds is 5. The normalized spacial score (nSPS) is 24.2. The fraction of sp³-hybridized carbons (Fsp3) is 0.706. The van der Waals surface area contributed by atoms with Gasteiger partial charge in [0.25, 0.3) is 0 Å². The van der Waals surface area contributed by atoms with Crippen LogP contribution in [0.1, 0.15) is 45.5 Å². The molecule has 0 aliphatic carbocycles. The third-order valence-electron chi connectivity index (χ3n) is 4.36. The molecular weight excluding hydrogens is 246 g/mol. The Morgan fingerprint density at radius 1 is 1.25 bits per heavy atom. The number of nitrogens with one attached hydrogen (secondary N) is 1. The average molecular weight is 275 g/mol. The van der Waals surface area contributed by atoms with Crippen LogP contribution in [0.2, 0.25) is 0 Å². The molecule has 0 aromatic carbocycles. The first-order chi connectivity index (χ1) is 9.54. The van der Waals surface area contributed by atoms with Crippen molar-refractivity contribution in [3.05, 3.63) is 29.6 Å². The van der Waals surface area contributed by atoms with Crippen LogP contribution >= 0.6 is 0 Å². The topological polar surface area (TPSA) is 28.2 Å². The molecule has 2 rings (SSSR count). The van der Waals surface area contributed by atoms with E-state index in [1.54, 1.807) is 0 Å². The SMILES string of the molecule is CC(C)NCc1cccc(CN2CCC(C)C(C)C2)n1. The van der Waals surface area contributed by atoms with E-state index in [9.17, 15) is 0 Å². The van der Waals surface area contributed by atoms with Gasteiger partial charge < -0.3 is 5.32 Å². The predicted molar refractivity (Wildman–Crippen MR) is 84.4 cm³/mol. The number of nitrogens with zero attached hydrogens (tertiary/aromatic N) is 2. The van der Waals surface area contributed by atoms with Gasteiger partial charge in [-0.3, -0.25) is 9.88 Å². The van der Waals surface area contributed by atoms with Gasteiger partial charge in [0.15, 0.2) is 0 Å². The first-order valence-electron chi connectivity index (χ1n) is 7.95. The molecule has 1 saturated heterocycles. The molecule has 1 aromatic heterocycles. The summed E-state index contributed by atoms with van der Waals surface area (Å²) in [7, 11) is 0. The molecule has 1 aliphatic heterocycles. The Bertz CT molecular complexity index is 416. The molecule has 2 atom stereocenters. The molecule has 2 heterocycles. The molecule has 0 saturated carbocycles. The Labute approximate surface area is 123 Å². The van der Waals surface area contributed by atoms with E-state index < -0.39 is 0 Å². The van der Waals surface area contributed by atoms with Crippen molar-refractivity contribution in [1.29, 1.82) is 0 Å². The largest absolute Gasteiger partial charge is 0.309 e. The molecule has 3 nitrogen and oxygen atoms in total. The molecule has 1 N–H and O–H groups in total. The molecule has 1 aromatic rings. The van der Waals surface area contributed by atoms with E-state index >= 15 is 0 Å². The van der Waals surface area contributed by atoms with E-state index in [0.29, 0.717) is 6.04 Å². The highest BCUT2D eigenvalue weighted by Crippen LogP contribution is 2.23. The molecule has 2 unspecified atom stereocenters. The van der Waals surface area contributed by atoms with Crippen LogP contribution in [0.25, 0.3) is 0 Å². The maximum absolute atomic E-state index is 4.78. The summed E-state index contributed by atoms with van der Waals surface area (Å²) in [6.07, 6.45) is 1.32. The summed E-state index contributed by atoms with van der Waals surface area (Å²) in [5.41, 5.74) is 2.35. The molecule has 1 fully saturated rings. The molecule has 0 radical (unpaired) electrons. The molecule has 3 heteroatoms. The van der Waals surface area contributed by atoms with Crippen LogP contribution in [0.4, 0.5) is 0 Å². The minimum atomic E-state index is 0.505. The van der Waals surface area contributed by atoms with Gasteiger partial charge >= 0.3 is 0 Å². The minimum absolute atomic E-state index is 0.505. The van der Waals surface area contributed by atoms with Gasteiger partial charge in [0, 0.05) is 25.7 Å². The van der Waals surface area contributed by atoms with Crippen molar-refractivity contribution >= 4 is 0 Å². The minimum Gasteiger partial charge on any atom is -0.309 e. The lowest BCUT2D eigenvalue weighted by Crippen LogP contribution is -2.38. The van der Waals surface area contributed by atoms with Crippen molar-refractivity contribution in [3.63, 3.8) is 0 Å². The van der Waals surface area contributed by atoms with Crippen LogP contribution < -0.4 is 5.32 Å². The summed E-state index contributed by atoms with van der Waals surface area (Å²) in [6, 6.07) is 6.90. The van der Waals surface area contributed by atoms with Crippen molar-refractivity contribution in [2.75, 3.05) is 13.1 Å². The first-order valence-corrected chi connectivity index (χ1v) is 7.95. The third kappa shape index (κ3) is 4.57. The summed E-state index contributed by atoms with van der Waals surface area (Å²) in [5.74, 6) is 1.66. The molecule has 0 spiro atoms. The lowest BCUT2D eigenvalue weighted by Gasteiger charge is -2.35. The number of pyridine rings is 1. The van der Waals surface area contributed by atoms with Crippen molar-refractivity contribution in [2.24, 2.45) is 11.8 Å². The van der Waals surface area contributed by atoms with Crippen molar-refractivity contribution in [3.8, 4) is 0 Å². The van der Waals surface area contributed by atoms with Crippen LogP contribution in [0.15, 0.2) is 18.2 Å². The zero-order valence-corrected chi connectivity index (χ0v) is 13.4. The van der Waals surface area contributed by atoms with Crippen LogP contribution in [0, 0.1) is 11.8 Å². The van der Waals surface area contributed by atoms with Gasteiger partial charge in [-0.15, -0.1) is 0 Å². The van der Waals surface area contributed by atoms with Crippen molar-refractivity contribution in [1.82, 2.24) is 15.2 Å². The van der Waals surface area contributed by atoms with Gasteiger partial charge in [0.1, 0.15) is 0 Å². The van der Waals surface area contributed by atoms with Gasteiger partial charge in [-0.2, -0.15) is 0 Å². The summed E-state index contributed by atoms with van der Waals surface area (Å²) in [6.45, 7) is 13.3. The summed E-state index contributed by atoms with van der Waals surface area (Å²) in [5, 5.41) is 3.43. The molecule has 1 aliphatic rings. The molecule has 0 bridgehead atoms. The van der Waals surface area contributed by atoms with Gasteiger partial charge in [-0.05, 0) is 36.9 Å². The van der Waals surface area contributed by atoms with Gasteiger partial charge in [0.2, 0.25) is 0 Å². The number of piperidine rings is 1. The smallest absolute Gasteiger partial charge is 0.0547 e. The quantitative estimate of drug-likeness (QED) is 0.895. The highest BCUT2D eigenvalue weighted by Gasteiger charge is 2.22. The number of hydrogen-bond acceptors (Lipinski definition) is 3. The van der Waals surface area contributed by atoms with Crippen LogP contribution in [-0.2, 0) is 13.1 Å². The molecule has 20 heavy (non-hydrogen) atoms. The van der Waals surface area contributed by atoms with E-state index in [1.165, 1.54) is 25.2 Å². The van der Waals surface area contributed by atoms with Crippen molar-refractivity contribution in [2.45, 2.75) is 53.2 Å².